The SMILES string of the molecule is [2H]c1cccc2c(-c3ccc4c(c3)-c3cccc5cccc(c35)O4)c3ccccc3c(-c3ccc(-c4ccccc4)cc3)c12. The van der Waals surface area contributed by atoms with E-state index in [-0.39, 0.29) is 0 Å². The summed E-state index contributed by atoms with van der Waals surface area (Å²) in [5.74, 6) is 1.76. The van der Waals surface area contributed by atoms with Gasteiger partial charge in [0.25, 0.3) is 0 Å². The maximum absolute atomic E-state index is 9.15. The van der Waals surface area contributed by atoms with Gasteiger partial charge in [-0.3, -0.25) is 0 Å². The molecule has 1 aliphatic heterocycles. The van der Waals surface area contributed by atoms with E-state index in [1.165, 1.54) is 27.5 Å². The van der Waals surface area contributed by atoms with Crippen LogP contribution in [0.15, 0.2) is 158 Å². The Balaban J connectivity index is 1.30. The molecule has 0 N–H and O–H groups in total. The van der Waals surface area contributed by atoms with Crippen LogP contribution in [0.25, 0.3) is 76.8 Å². The van der Waals surface area contributed by atoms with E-state index >= 15 is 0 Å². The van der Waals surface area contributed by atoms with Gasteiger partial charge in [-0.2, -0.15) is 0 Å². The lowest BCUT2D eigenvalue weighted by molar-refractivity contribution is 0.487. The van der Waals surface area contributed by atoms with Crippen LogP contribution in [0.5, 0.6) is 11.5 Å². The molecule has 0 aromatic heterocycles. The second-order valence-electron chi connectivity index (χ2n) is 11.2. The highest BCUT2D eigenvalue weighted by Crippen LogP contribution is 2.49. The van der Waals surface area contributed by atoms with Crippen molar-refractivity contribution in [3.8, 4) is 56.0 Å². The summed E-state index contributed by atoms with van der Waals surface area (Å²) in [5.41, 5.74) is 9.12. The average Bonchev–Trinajstić information content (AvgIpc) is 3.08. The first-order valence-corrected chi connectivity index (χ1v) is 14.7. The summed E-state index contributed by atoms with van der Waals surface area (Å²) >= 11 is 0. The third-order valence-corrected chi connectivity index (χ3v) is 8.77. The lowest BCUT2D eigenvalue weighted by Gasteiger charge is -2.23. The van der Waals surface area contributed by atoms with Crippen LogP contribution < -0.4 is 4.74 Å². The van der Waals surface area contributed by atoms with Crippen molar-refractivity contribution >= 4 is 32.3 Å². The van der Waals surface area contributed by atoms with E-state index in [0.29, 0.717) is 6.04 Å². The largest absolute Gasteiger partial charge is 0.456 e. The second kappa shape index (κ2) is 9.44. The molecule has 0 saturated carbocycles. The van der Waals surface area contributed by atoms with E-state index in [4.69, 9.17) is 6.11 Å². The van der Waals surface area contributed by atoms with E-state index in [1.54, 1.807) is 0 Å². The van der Waals surface area contributed by atoms with E-state index < -0.39 is 0 Å². The van der Waals surface area contributed by atoms with Crippen molar-refractivity contribution in [2.75, 3.05) is 0 Å². The standard InChI is InChI=1S/C42H26O/c1-2-10-27(11-3-1)28-20-22-30(23-21-28)40-32-14-4-6-16-34(32)41(35-17-7-5-15-33(35)40)31-24-25-38-37(26-31)36-18-8-12-29-13-9-19-39(43-38)42(29)36/h1-26H/i14D. The number of hydrogen-bond acceptors (Lipinski definition) is 1. The topological polar surface area (TPSA) is 9.23 Å². The summed E-state index contributed by atoms with van der Waals surface area (Å²) in [4.78, 5) is 0. The van der Waals surface area contributed by atoms with Gasteiger partial charge >= 0.3 is 0 Å². The molecule has 43 heavy (non-hydrogen) atoms. The van der Waals surface area contributed by atoms with Crippen molar-refractivity contribution in [1.29, 1.82) is 0 Å². The summed E-state index contributed by atoms with van der Waals surface area (Å²) in [6, 6.07) is 53.7. The molecular formula is C42H26O. The summed E-state index contributed by atoms with van der Waals surface area (Å²) in [5, 5.41) is 6.68. The average molecular weight is 548 g/mol. The minimum Gasteiger partial charge on any atom is -0.456 e. The minimum atomic E-state index is 0.525. The molecule has 0 spiro atoms. The minimum absolute atomic E-state index is 0.525. The summed E-state index contributed by atoms with van der Waals surface area (Å²) in [7, 11) is 0. The zero-order valence-corrected chi connectivity index (χ0v) is 23.3. The number of ether oxygens (including phenoxy) is 1. The number of benzene rings is 8. The molecule has 0 atom stereocenters. The predicted octanol–water partition coefficient (Wildman–Crippen LogP) is 11.9. The molecule has 1 heterocycles. The molecule has 0 aliphatic carbocycles. The predicted molar refractivity (Wildman–Crippen MR) is 181 cm³/mol. The van der Waals surface area contributed by atoms with Crippen molar-refractivity contribution in [3.63, 3.8) is 0 Å². The molecule has 1 heteroatoms. The van der Waals surface area contributed by atoms with Crippen molar-refractivity contribution < 1.29 is 6.11 Å². The summed E-state index contributed by atoms with van der Waals surface area (Å²) in [6.45, 7) is 0. The van der Waals surface area contributed by atoms with Crippen LogP contribution in [0.3, 0.4) is 0 Å². The lowest BCUT2D eigenvalue weighted by atomic mass is 9.84. The van der Waals surface area contributed by atoms with Gasteiger partial charge in [-0.15, -0.1) is 0 Å². The third kappa shape index (κ3) is 3.72. The van der Waals surface area contributed by atoms with Crippen LogP contribution in [0.2, 0.25) is 0 Å². The fraction of sp³-hybridized carbons (Fsp3) is 0. The van der Waals surface area contributed by atoms with Crippen LogP contribution in [0.4, 0.5) is 0 Å². The molecule has 0 unspecified atom stereocenters. The van der Waals surface area contributed by atoms with E-state index in [0.717, 1.165) is 60.9 Å². The van der Waals surface area contributed by atoms with Gasteiger partial charge < -0.3 is 4.74 Å². The van der Waals surface area contributed by atoms with Crippen molar-refractivity contribution in [1.82, 2.24) is 0 Å². The first-order chi connectivity index (χ1) is 21.7. The molecule has 0 saturated heterocycles. The van der Waals surface area contributed by atoms with Gasteiger partial charge in [-0.05, 0) is 84.1 Å². The summed E-state index contributed by atoms with van der Waals surface area (Å²) < 4.78 is 15.6. The van der Waals surface area contributed by atoms with Crippen LogP contribution in [-0.4, -0.2) is 0 Å². The van der Waals surface area contributed by atoms with E-state index in [2.05, 4.69) is 121 Å². The Hall–Kier alpha value is -5.66. The van der Waals surface area contributed by atoms with Crippen LogP contribution in [-0.2, 0) is 0 Å². The smallest absolute Gasteiger partial charge is 0.135 e. The van der Waals surface area contributed by atoms with Gasteiger partial charge in [0.05, 0.1) is 1.37 Å². The van der Waals surface area contributed by atoms with Crippen molar-refractivity contribution in [2.24, 2.45) is 0 Å². The van der Waals surface area contributed by atoms with Crippen LogP contribution >= 0.6 is 0 Å². The van der Waals surface area contributed by atoms with Gasteiger partial charge in [0.1, 0.15) is 11.5 Å². The lowest BCUT2D eigenvalue weighted by Crippen LogP contribution is -1.97. The number of rotatable bonds is 3. The molecule has 0 amide bonds. The summed E-state index contributed by atoms with van der Waals surface area (Å²) in [6.07, 6.45) is 0. The van der Waals surface area contributed by atoms with Crippen LogP contribution in [0.1, 0.15) is 1.37 Å². The fourth-order valence-corrected chi connectivity index (χ4v) is 6.84. The van der Waals surface area contributed by atoms with Gasteiger partial charge in [-0.1, -0.05) is 140 Å². The first kappa shape index (κ1) is 23.0. The molecule has 0 radical (unpaired) electrons. The second-order valence-corrected chi connectivity index (χ2v) is 11.2. The number of hydrogen-bond donors (Lipinski definition) is 0. The Bertz CT molecular complexity index is 2400. The molecule has 200 valence electrons. The molecule has 0 bridgehead atoms. The van der Waals surface area contributed by atoms with Gasteiger partial charge in [0.2, 0.25) is 0 Å². The number of fused-ring (bicyclic) bond motifs is 4. The zero-order valence-electron chi connectivity index (χ0n) is 24.3. The molecule has 1 aliphatic rings. The van der Waals surface area contributed by atoms with Crippen molar-refractivity contribution in [3.05, 3.63) is 158 Å². The Morgan fingerprint density at radius 3 is 1.79 bits per heavy atom. The van der Waals surface area contributed by atoms with Gasteiger partial charge in [0.15, 0.2) is 0 Å². The highest BCUT2D eigenvalue weighted by atomic mass is 16.5. The molecule has 9 rings (SSSR count). The zero-order chi connectivity index (χ0) is 29.2. The normalized spacial score (nSPS) is 12.2. The van der Waals surface area contributed by atoms with Gasteiger partial charge in [0, 0.05) is 10.9 Å². The Morgan fingerprint density at radius 1 is 0.395 bits per heavy atom. The highest BCUT2D eigenvalue weighted by molar-refractivity contribution is 6.21. The molecule has 1 nitrogen and oxygen atoms in total. The van der Waals surface area contributed by atoms with Gasteiger partial charge in [-0.25, -0.2) is 0 Å². The van der Waals surface area contributed by atoms with E-state index in [1.807, 2.05) is 30.3 Å². The van der Waals surface area contributed by atoms with Crippen molar-refractivity contribution in [2.45, 2.75) is 0 Å². The fourth-order valence-electron chi connectivity index (χ4n) is 6.84. The quantitative estimate of drug-likeness (QED) is 0.200. The monoisotopic (exact) mass is 547 g/mol. The molecular weight excluding hydrogens is 520 g/mol. The third-order valence-electron chi connectivity index (χ3n) is 8.77. The maximum Gasteiger partial charge on any atom is 0.135 e. The highest BCUT2D eigenvalue weighted by Gasteiger charge is 2.22. The first-order valence-electron chi connectivity index (χ1n) is 15.2. The molecule has 0 fully saturated rings. The van der Waals surface area contributed by atoms with Crippen LogP contribution in [0, 0.1) is 0 Å². The molecule has 8 aromatic rings. The maximum atomic E-state index is 9.15. The Morgan fingerprint density at radius 2 is 1.00 bits per heavy atom. The van der Waals surface area contributed by atoms with E-state index in [9.17, 15) is 0 Å². The molecule has 8 aromatic carbocycles. The Labute approximate surface area is 251 Å². The Kier molecular flexibility index (Phi) is 5.04.